The van der Waals surface area contributed by atoms with E-state index in [1.54, 1.807) is 23.6 Å². The summed E-state index contributed by atoms with van der Waals surface area (Å²) in [4.78, 5) is 25.3. The Balaban J connectivity index is 1.97. The maximum absolute atomic E-state index is 15.1. The minimum Gasteiger partial charge on any atom is -0.465 e. The number of hydrogen-bond donors (Lipinski definition) is 0. The first-order valence-electron chi connectivity index (χ1n) is 9.63. The fraction of sp³-hybridized carbons (Fsp3) is 0.120. The van der Waals surface area contributed by atoms with Crippen molar-refractivity contribution in [3.8, 4) is 11.1 Å². The third-order valence-electron chi connectivity index (χ3n) is 5.41. The summed E-state index contributed by atoms with van der Waals surface area (Å²) in [6.45, 7) is 3.60. The molecule has 3 aromatic carbocycles. The Kier molecular flexibility index (Phi) is 5.38. The van der Waals surface area contributed by atoms with Crippen molar-refractivity contribution in [3.63, 3.8) is 0 Å². The first kappa shape index (κ1) is 20.8. The van der Waals surface area contributed by atoms with Crippen molar-refractivity contribution in [2.45, 2.75) is 13.8 Å². The molecule has 0 N–H and O–H groups in total. The van der Waals surface area contributed by atoms with E-state index < -0.39 is 11.8 Å². The Hall–Kier alpha value is -3.44. The molecule has 0 saturated carbocycles. The number of carbonyl (C=O) groups is 2. The van der Waals surface area contributed by atoms with E-state index in [0.29, 0.717) is 32.9 Å². The largest absolute Gasteiger partial charge is 0.465 e. The van der Waals surface area contributed by atoms with Crippen LogP contribution in [0.1, 0.15) is 32.0 Å². The lowest BCUT2D eigenvalue weighted by atomic mass is 10.00. The predicted octanol–water partition coefficient (Wildman–Crippen LogP) is 6.19. The lowest BCUT2D eigenvalue weighted by Gasteiger charge is -2.12. The summed E-state index contributed by atoms with van der Waals surface area (Å²) in [6, 6.07) is 16.8. The van der Waals surface area contributed by atoms with Gasteiger partial charge in [0.1, 0.15) is 5.82 Å². The molecule has 4 aromatic rings. The van der Waals surface area contributed by atoms with Crippen LogP contribution in [0.2, 0.25) is 5.02 Å². The average molecular weight is 436 g/mol. The van der Waals surface area contributed by atoms with E-state index in [1.807, 2.05) is 37.3 Å². The van der Waals surface area contributed by atoms with Gasteiger partial charge in [0.05, 0.1) is 28.8 Å². The van der Waals surface area contributed by atoms with Crippen LogP contribution < -0.4 is 0 Å². The Morgan fingerprint density at radius 1 is 1.00 bits per heavy atom. The van der Waals surface area contributed by atoms with Crippen LogP contribution >= 0.6 is 11.6 Å². The summed E-state index contributed by atoms with van der Waals surface area (Å²) in [6.07, 6.45) is 0. The molecule has 6 heteroatoms. The number of para-hydroxylation sites is 1. The molecule has 31 heavy (non-hydrogen) atoms. The van der Waals surface area contributed by atoms with Gasteiger partial charge in [-0.05, 0) is 43.7 Å². The lowest BCUT2D eigenvalue weighted by molar-refractivity contribution is 0.0600. The van der Waals surface area contributed by atoms with E-state index in [2.05, 4.69) is 4.74 Å². The van der Waals surface area contributed by atoms with Gasteiger partial charge in [0.2, 0.25) is 0 Å². The second-order valence-corrected chi connectivity index (χ2v) is 7.64. The van der Waals surface area contributed by atoms with Crippen molar-refractivity contribution in [1.29, 1.82) is 0 Å². The Morgan fingerprint density at radius 3 is 2.42 bits per heavy atom. The minimum absolute atomic E-state index is 0.118. The van der Waals surface area contributed by atoms with Gasteiger partial charge in [-0.15, -0.1) is 0 Å². The molecule has 0 fully saturated rings. The second kappa shape index (κ2) is 8.00. The van der Waals surface area contributed by atoms with Gasteiger partial charge in [-0.2, -0.15) is 0 Å². The zero-order chi connectivity index (χ0) is 22.3. The molecule has 0 unspecified atom stereocenters. The highest BCUT2D eigenvalue weighted by atomic mass is 35.5. The molecule has 1 heterocycles. The smallest absolute Gasteiger partial charge is 0.337 e. The average Bonchev–Trinajstić information content (AvgIpc) is 3.04. The van der Waals surface area contributed by atoms with Crippen LogP contribution in [-0.2, 0) is 4.74 Å². The van der Waals surface area contributed by atoms with Crippen LogP contribution in [0.5, 0.6) is 0 Å². The third kappa shape index (κ3) is 3.41. The molecule has 0 aliphatic carbocycles. The highest BCUT2D eigenvalue weighted by molar-refractivity contribution is 6.34. The van der Waals surface area contributed by atoms with E-state index in [4.69, 9.17) is 11.6 Å². The fourth-order valence-corrected chi connectivity index (χ4v) is 4.25. The van der Waals surface area contributed by atoms with Crippen molar-refractivity contribution >= 4 is 34.4 Å². The highest BCUT2D eigenvalue weighted by Crippen LogP contribution is 2.37. The number of aryl methyl sites for hydroxylation is 1. The van der Waals surface area contributed by atoms with Crippen LogP contribution in [0.4, 0.5) is 4.39 Å². The van der Waals surface area contributed by atoms with Crippen LogP contribution in [-0.4, -0.2) is 23.6 Å². The molecular weight excluding hydrogens is 417 g/mol. The normalized spacial score (nSPS) is 11.0. The molecule has 0 saturated heterocycles. The summed E-state index contributed by atoms with van der Waals surface area (Å²) in [5, 5.41) is 1.08. The SMILES string of the molecule is COC(=O)c1ccc(-c2c(C)n(C(=O)c3c(C)cccc3Cl)c3ccccc23)c(F)c1. The zero-order valence-corrected chi connectivity index (χ0v) is 18.0. The molecule has 0 radical (unpaired) electrons. The summed E-state index contributed by atoms with van der Waals surface area (Å²) < 4.78 is 21.3. The number of ether oxygens (including phenoxy) is 1. The predicted molar refractivity (Wildman–Crippen MR) is 119 cm³/mol. The first-order chi connectivity index (χ1) is 14.8. The fourth-order valence-electron chi connectivity index (χ4n) is 3.95. The van der Waals surface area contributed by atoms with Gasteiger partial charge in [0.25, 0.3) is 5.91 Å². The van der Waals surface area contributed by atoms with Crippen LogP contribution in [0.3, 0.4) is 0 Å². The van der Waals surface area contributed by atoms with Crippen molar-refractivity contribution in [1.82, 2.24) is 4.57 Å². The highest BCUT2D eigenvalue weighted by Gasteiger charge is 2.24. The summed E-state index contributed by atoms with van der Waals surface area (Å²) >= 11 is 6.35. The topological polar surface area (TPSA) is 48.3 Å². The van der Waals surface area contributed by atoms with E-state index in [-0.39, 0.29) is 11.5 Å². The molecule has 4 nitrogen and oxygen atoms in total. The number of benzene rings is 3. The molecule has 0 aliphatic rings. The van der Waals surface area contributed by atoms with Gasteiger partial charge < -0.3 is 4.74 Å². The molecule has 0 bridgehead atoms. The molecule has 0 amide bonds. The quantitative estimate of drug-likeness (QED) is 0.360. The number of hydrogen-bond acceptors (Lipinski definition) is 3. The molecule has 0 atom stereocenters. The Morgan fingerprint density at radius 2 is 1.74 bits per heavy atom. The number of carbonyl (C=O) groups excluding carboxylic acids is 2. The van der Waals surface area contributed by atoms with Crippen LogP contribution in [0.25, 0.3) is 22.0 Å². The minimum atomic E-state index is -0.617. The summed E-state index contributed by atoms with van der Waals surface area (Å²) in [5.41, 5.74) is 3.39. The van der Waals surface area contributed by atoms with Crippen molar-refractivity contribution in [2.75, 3.05) is 7.11 Å². The van der Waals surface area contributed by atoms with Crippen LogP contribution in [0, 0.1) is 19.7 Å². The number of esters is 1. The van der Waals surface area contributed by atoms with Crippen molar-refractivity contribution < 1.29 is 18.7 Å². The zero-order valence-electron chi connectivity index (χ0n) is 17.2. The van der Waals surface area contributed by atoms with Gasteiger partial charge in [0, 0.05) is 22.2 Å². The summed E-state index contributed by atoms with van der Waals surface area (Å²) in [5.74, 6) is -1.47. The number of rotatable bonds is 3. The number of halogens is 2. The number of methoxy groups -OCH3 is 1. The maximum Gasteiger partial charge on any atom is 0.337 e. The standard InChI is InChI=1S/C25H19ClFNO3/c1-14-7-6-9-19(26)22(14)24(29)28-15(2)23(18-8-4-5-10-21(18)28)17-12-11-16(13-20(17)27)25(30)31-3/h4-13H,1-3H3. The maximum atomic E-state index is 15.1. The Labute approximate surface area is 183 Å². The van der Waals surface area contributed by atoms with Crippen molar-refractivity contribution in [3.05, 3.63) is 93.9 Å². The monoisotopic (exact) mass is 435 g/mol. The molecular formula is C25H19ClFNO3. The van der Waals surface area contributed by atoms with E-state index >= 15 is 4.39 Å². The summed E-state index contributed by atoms with van der Waals surface area (Å²) in [7, 11) is 1.24. The molecule has 156 valence electrons. The van der Waals surface area contributed by atoms with E-state index in [0.717, 1.165) is 17.0 Å². The molecule has 0 spiro atoms. The number of aromatic nitrogens is 1. The third-order valence-corrected chi connectivity index (χ3v) is 5.72. The number of fused-ring (bicyclic) bond motifs is 1. The lowest BCUT2D eigenvalue weighted by Crippen LogP contribution is -2.15. The van der Waals surface area contributed by atoms with E-state index in [9.17, 15) is 9.59 Å². The van der Waals surface area contributed by atoms with Crippen LogP contribution in [0.15, 0.2) is 60.7 Å². The molecule has 0 aliphatic heterocycles. The van der Waals surface area contributed by atoms with Gasteiger partial charge >= 0.3 is 5.97 Å². The van der Waals surface area contributed by atoms with Gasteiger partial charge in [-0.3, -0.25) is 9.36 Å². The van der Waals surface area contributed by atoms with E-state index in [1.165, 1.54) is 19.2 Å². The first-order valence-corrected chi connectivity index (χ1v) is 10.0. The second-order valence-electron chi connectivity index (χ2n) is 7.24. The number of nitrogens with zero attached hydrogens (tertiary/aromatic N) is 1. The van der Waals surface area contributed by atoms with Gasteiger partial charge in [0.15, 0.2) is 0 Å². The van der Waals surface area contributed by atoms with Gasteiger partial charge in [-0.25, -0.2) is 9.18 Å². The molecule has 4 rings (SSSR count). The van der Waals surface area contributed by atoms with Crippen molar-refractivity contribution in [2.24, 2.45) is 0 Å². The Bertz CT molecular complexity index is 1340. The molecule has 1 aromatic heterocycles. The van der Waals surface area contributed by atoms with Gasteiger partial charge in [-0.1, -0.05) is 48.0 Å².